The second kappa shape index (κ2) is 7.85. The minimum absolute atomic E-state index is 0.00181. The molecule has 0 amide bonds. The van der Waals surface area contributed by atoms with Crippen LogP contribution in [0.1, 0.15) is 120 Å². The maximum absolute atomic E-state index is 12.8. The van der Waals surface area contributed by atoms with E-state index in [-0.39, 0.29) is 45.1 Å². The highest BCUT2D eigenvalue weighted by Crippen LogP contribution is 2.75. The number of carboxylic acids is 1. The number of carbonyl (C=O) groups is 2. The van der Waals surface area contributed by atoms with E-state index in [1.54, 1.807) is 6.92 Å². The first-order chi connectivity index (χ1) is 16.5. The van der Waals surface area contributed by atoms with Gasteiger partial charge in [-0.3, -0.25) is 9.59 Å². The van der Waals surface area contributed by atoms with Gasteiger partial charge in [-0.2, -0.15) is 0 Å². The van der Waals surface area contributed by atoms with Crippen molar-refractivity contribution in [3.05, 3.63) is 11.6 Å². The largest absolute Gasteiger partial charge is 0.481 e. The summed E-state index contributed by atoms with van der Waals surface area (Å²) in [5.41, 5.74) is 1.50. The molecule has 36 heavy (non-hydrogen) atoms. The Labute approximate surface area is 219 Å². The number of esters is 1. The molecule has 0 aliphatic heterocycles. The van der Waals surface area contributed by atoms with E-state index in [9.17, 15) is 14.7 Å². The number of hydrogen-bond donors (Lipinski definition) is 1. The topological polar surface area (TPSA) is 63.6 Å². The fraction of sp³-hybridized carbons (Fsp3) is 0.875. The molecule has 0 bridgehead atoms. The molecule has 0 aromatic carbocycles. The summed E-state index contributed by atoms with van der Waals surface area (Å²) in [6.07, 6.45) is 12.6. The van der Waals surface area contributed by atoms with Gasteiger partial charge in [0.25, 0.3) is 0 Å². The molecule has 8 atom stereocenters. The summed E-state index contributed by atoms with van der Waals surface area (Å²) in [5, 5.41) is 10.5. The molecule has 5 aliphatic carbocycles. The third kappa shape index (κ3) is 3.30. The lowest BCUT2D eigenvalue weighted by Crippen LogP contribution is -2.65. The van der Waals surface area contributed by atoms with Crippen molar-refractivity contribution < 1.29 is 19.4 Å². The average Bonchev–Trinajstić information content (AvgIpc) is 2.75. The minimum Gasteiger partial charge on any atom is -0.481 e. The number of hydrogen-bond acceptors (Lipinski definition) is 3. The van der Waals surface area contributed by atoms with E-state index < -0.39 is 11.4 Å². The zero-order chi connectivity index (χ0) is 26.5. The van der Waals surface area contributed by atoms with E-state index in [0.29, 0.717) is 11.8 Å². The number of carboxylic acid groups (broad SMARTS) is 1. The zero-order valence-electron chi connectivity index (χ0n) is 24.1. The third-order valence-electron chi connectivity index (χ3n) is 13.3. The van der Waals surface area contributed by atoms with Crippen LogP contribution in [-0.2, 0) is 14.3 Å². The molecule has 0 aromatic heterocycles. The van der Waals surface area contributed by atoms with Gasteiger partial charge in [0.2, 0.25) is 0 Å². The summed E-state index contributed by atoms with van der Waals surface area (Å²) in [5.74, 6) is 0.546. The van der Waals surface area contributed by atoms with Crippen LogP contribution in [0.2, 0.25) is 0 Å². The van der Waals surface area contributed by atoms with E-state index in [1.165, 1.54) is 12.0 Å². The number of carbonyl (C=O) groups excluding carboxylic acids is 1. The first kappa shape index (κ1) is 26.3. The van der Waals surface area contributed by atoms with E-state index in [0.717, 1.165) is 57.8 Å². The smallest absolute Gasteiger partial charge is 0.310 e. The Kier molecular flexibility index (Phi) is 5.74. The van der Waals surface area contributed by atoms with Crippen LogP contribution in [0.5, 0.6) is 0 Å². The van der Waals surface area contributed by atoms with Gasteiger partial charge in [0, 0.05) is 12.3 Å². The lowest BCUT2D eigenvalue weighted by molar-refractivity contribution is -0.213. The van der Waals surface area contributed by atoms with Crippen molar-refractivity contribution in [2.45, 2.75) is 126 Å². The van der Waals surface area contributed by atoms with Crippen LogP contribution in [0.15, 0.2) is 11.6 Å². The number of allylic oxidation sites excluding steroid dienone is 2. The van der Waals surface area contributed by atoms with Crippen molar-refractivity contribution in [2.75, 3.05) is 0 Å². The monoisotopic (exact) mass is 498 g/mol. The molecule has 4 fully saturated rings. The number of rotatable bonds is 2. The highest BCUT2D eigenvalue weighted by molar-refractivity contribution is 5.76. The number of ether oxygens (including phenoxy) is 1. The van der Waals surface area contributed by atoms with Gasteiger partial charge in [-0.05, 0) is 104 Å². The fourth-order valence-electron chi connectivity index (χ4n) is 11.0. The van der Waals surface area contributed by atoms with Gasteiger partial charge in [-0.1, -0.05) is 60.1 Å². The Bertz CT molecular complexity index is 992. The normalized spacial score (nSPS) is 48.8. The van der Waals surface area contributed by atoms with Crippen LogP contribution in [0.3, 0.4) is 0 Å². The van der Waals surface area contributed by atoms with Gasteiger partial charge >= 0.3 is 11.9 Å². The van der Waals surface area contributed by atoms with Gasteiger partial charge in [0.1, 0.15) is 6.10 Å². The first-order valence-electron chi connectivity index (χ1n) is 14.6. The summed E-state index contributed by atoms with van der Waals surface area (Å²) in [6, 6.07) is 0. The van der Waals surface area contributed by atoms with Crippen molar-refractivity contribution in [2.24, 2.45) is 50.2 Å². The molecular weight excluding hydrogens is 448 g/mol. The molecule has 4 saturated carbocycles. The minimum atomic E-state index is -0.574. The standard InChI is InChI=1S/C32H50O4/c1-20(33)36-25-12-13-29(6)23(28(25,4)5)11-14-31(8)24(29)10-9-21-22-19-27(2,3)15-17-32(22,26(34)35)18-16-30(21,31)7/h9,22-25H,10-19H2,1-8H3,(H,34,35)/t22-,23+,24-,25-,29-,30+,31-,32+/m1/s1. The van der Waals surface area contributed by atoms with Crippen LogP contribution in [0.25, 0.3) is 0 Å². The molecule has 0 unspecified atom stereocenters. The fourth-order valence-corrected chi connectivity index (χ4v) is 11.0. The Morgan fingerprint density at radius 2 is 1.56 bits per heavy atom. The number of fused-ring (bicyclic) bond motifs is 7. The van der Waals surface area contributed by atoms with Crippen LogP contribution < -0.4 is 0 Å². The molecule has 202 valence electrons. The second-order valence-corrected chi connectivity index (χ2v) is 15.6. The highest BCUT2D eigenvalue weighted by Gasteiger charge is 2.69. The average molecular weight is 499 g/mol. The summed E-state index contributed by atoms with van der Waals surface area (Å²) >= 11 is 0. The highest BCUT2D eigenvalue weighted by atomic mass is 16.5. The van der Waals surface area contributed by atoms with E-state index in [1.807, 2.05) is 0 Å². The van der Waals surface area contributed by atoms with Gasteiger partial charge in [0.05, 0.1) is 5.41 Å². The molecule has 0 saturated heterocycles. The molecular formula is C32H50O4. The van der Waals surface area contributed by atoms with Crippen molar-refractivity contribution in [3.8, 4) is 0 Å². The second-order valence-electron chi connectivity index (χ2n) is 15.6. The summed E-state index contributed by atoms with van der Waals surface area (Å²) in [7, 11) is 0. The quantitative estimate of drug-likeness (QED) is 0.311. The third-order valence-corrected chi connectivity index (χ3v) is 13.3. The molecule has 0 radical (unpaired) electrons. The van der Waals surface area contributed by atoms with Gasteiger partial charge in [-0.15, -0.1) is 0 Å². The Morgan fingerprint density at radius 1 is 0.889 bits per heavy atom. The molecule has 1 N–H and O–H groups in total. The van der Waals surface area contributed by atoms with Crippen molar-refractivity contribution in [1.29, 1.82) is 0 Å². The van der Waals surface area contributed by atoms with E-state index >= 15 is 0 Å². The molecule has 0 heterocycles. The van der Waals surface area contributed by atoms with Crippen LogP contribution in [-0.4, -0.2) is 23.1 Å². The molecule has 5 aliphatic rings. The molecule has 0 aromatic rings. The van der Waals surface area contributed by atoms with Gasteiger partial charge < -0.3 is 9.84 Å². The van der Waals surface area contributed by atoms with Crippen molar-refractivity contribution >= 4 is 11.9 Å². The van der Waals surface area contributed by atoms with Gasteiger partial charge in [0.15, 0.2) is 0 Å². The first-order valence-corrected chi connectivity index (χ1v) is 14.6. The lowest BCUT2D eigenvalue weighted by atomic mass is 9.33. The van der Waals surface area contributed by atoms with Crippen LogP contribution >= 0.6 is 0 Å². The predicted molar refractivity (Wildman–Crippen MR) is 142 cm³/mol. The predicted octanol–water partition coefficient (Wildman–Crippen LogP) is 7.80. The summed E-state index contributed by atoms with van der Waals surface area (Å²) < 4.78 is 5.87. The van der Waals surface area contributed by atoms with E-state index in [4.69, 9.17) is 4.74 Å². The summed E-state index contributed by atoms with van der Waals surface area (Å²) in [6.45, 7) is 18.5. The SMILES string of the molecule is CC(=O)O[C@@H]1CC[C@@]2(C)[C@H]3CC=C4[C@H]5CC(C)(C)CC[C@]5(C(=O)O)CC[C@]4(C)[C@]3(C)CC[C@H]2C1(C)C. The van der Waals surface area contributed by atoms with Crippen molar-refractivity contribution in [1.82, 2.24) is 0 Å². The van der Waals surface area contributed by atoms with E-state index in [2.05, 4.69) is 54.5 Å². The molecule has 5 rings (SSSR count). The lowest BCUT2D eigenvalue weighted by Gasteiger charge is -2.71. The van der Waals surface area contributed by atoms with Gasteiger partial charge in [-0.25, -0.2) is 0 Å². The van der Waals surface area contributed by atoms with Crippen LogP contribution in [0.4, 0.5) is 0 Å². The Hall–Kier alpha value is -1.32. The molecule has 4 nitrogen and oxygen atoms in total. The molecule has 0 spiro atoms. The summed E-state index contributed by atoms with van der Waals surface area (Å²) in [4.78, 5) is 24.7. The maximum atomic E-state index is 12.8. The van der Waals surface area contributed by atoms with Crippen molar-refractivity contribution in [3.63, 3.8) is 0 Å². The number of aliphatic carboxylic acids is 1. The van der Waals surface area contributed by atoms with Crippen LogP contribution in [0, 0.1) is 50.2 Å². The Morgan fingerprint density at radius 3 is 2.19 bits per heavy atom. The Balaban J connectivity index is 1.55. The maximum Gasteiger partial charge on any atom is 0.310 e. The molecule has 4 heteroatoms. The zero-order valence-corrected chi connectivity index (χ0v) is 24.1.